The standard InChI is InChI=1S/C19H22N2O3/c1-5-17(15-8-6-12(2)14(4)10-15)20-19(22)16-9-7-13(3)18(11-16)21(23)24/h6-11,17H,5H2,1-4H3,(H,20,22). The molecule has 126 valence electrons. The number of aryl methyl sites for hydroxylation is 3. The molecule has 0 heterocycles. The summed E-state index contributed by atoms with van der Waals surface area (Å²) in [4.78, 5) is 23.1. The van der Waals surface area contributed by atoms with Crippen LogP contribution in [0.1, 0.15) is 52.0 Å². The zero-order valence-corrected chi connectivity index (χ0v) is 14.4. The first kappa shape index (κ1) is 17.7. The number of carbonyl (C=O) groups is 1. The summed E-state index contributed by atoms with van der Waals surface area (Å²) in [6.45, 7) is 7.74. The minimum atomic E-state index is -0.466. The topological polar surface area (TPSA) is 72.2 Å². The van der Waals surface area contributed by atoms with Gasteiger partial charge in [-0.15, -0.1) is 0 Å². The van der Waals surface area contributed by atoms with Gasteiger partial charge in [0.05, 0.1) is 11.0 Å². The van der Waals surface area contributed by atoms with Crippen molar-refractivity contribution in [1.82, 2.24) is 5.32 Å². The van der Waals surface area contributed by atoms with Gasteiger partial charge in [0.2, 0.25) is 0 Å². The molecule has 1 unspecified atom stereocenters. The summed E-state index contributed by atoms with van der Waals surface area (Å²) in [6, 6.07) is 10.5. The van der Waals surface area contributed by atoms with Crippen LogP contribution in [0.3, 0.4) is 0 Å². The van der Waals surface area contributed by atoms with Crippen LogP contribution in [0.4, 0.5) is 5.69 Å². The maximum atomic E-state index is 12.5. The largest absolute Gasteiger partial charge is 0.345 e. The summed E-state index contributed by atoms with van der Waals surface area (Å²) >= 11 is 0. The molecule has 5 heteroatoms. The second-order valence-corrected chi connectivity index (χ2v) is 6.04. The summed E-state index contributed by atoms with van der Waals surface area (Å²) < 4.78 is 0. The van der Waals surface area contributed by atoms with E-state index in [0.717, 1.165) is 12.0 Å². The molecule has 0 aromatic heterocycles. The van der Waals surface area contributed by atoms with Gasteiger partial charge in [-0.3, -0.25) is 14.9 Å². The van der Waals surface area contributed by atoms with Gasteiger partial charge in [0.1, 0.15) is 0 Å². The number of carbonyl (C=O) groups excluding carboxylic acids is 1. The summed E-state index contributed by atoms with van der Waals surface area (Å²) in [5, 5.41) is 14.0. The zero-order valence-electron chi connectivity index (χ0n) is 14.4. The summed E-state index contributed by atoms with van der Waals surface area (Å²) in [7, 11) is 0. The third-order valence-electron chi connectivity index (χ3n) is 4.31. The van der Waals surface area contributed by atoms with Crippen molar-refractivity contribution in [3.05, 3.63) is 74.3 Å². The molecule has 0 saturated carbocycles. The van der Waals surface area contributed by atoms with Crippen molar-refractivity contribution in [2.45, 2.75) is 40.2 Å². The van der Waals surface area contributed by atoms with E-state index in [0.29, 0.717) is 11.1 Å². The Morgan fingerprint density at radius 3 is 2.33 bits per heavy atom. The number of hydrogen-bond donors (Lipinski definition) is 1. The lowest BCUT2D eigenvalue weighted by Crippen LogP contribution is -2.28. The van der Waals surface area contributed by atoms with Gasteiger partial charge in [0.25, 0.3) is 11.6 Å². The Labute approximate surface area is 141 Å². The molecular formula is C19H22N2O3. The first-order valence-corrected chi connectivity index (χ1v) is 7.96. The Kier molecular flexibility index (Phi) is 5.34. The van der Waals surface area contributed by atoms with Gasteiger partial charge < -0.3 is 5.32 Å². The predicted molar refractivity (Wildman–Crippen MR) is 94.2 cm³/mol. The van der Waals surface area contributed by atoms with Crippen molar-refractivity contribution in [3.63, 3.8) is 0 Å². The minimum absolute atomic E-state index is 0.0399. The van der Waals surface area contributed by atoms with Gasteiger partial charge in [0, 0.05) is 17.2 Å². The summed E-state index contributed by atoms with van der Waals surface area (Å²) in [5.41, 5.74) is 4.21. The third kappa shape index (κ3) is 3.79. The average Bonchev–Trinajstić information content (AvgIpc) is 2.55. The van der Waals surface area contributed by atoms with E-state index in [9.17, 15) is 14.9 Å². The van der Waals surface area contributed by atoms with Crippen LogP contribution in [0.2, 0.25) is 0 Å². The number of nitrogens with zero attached hydrogens (tertiary/aromatic N) is 1. The fourth-order valence-corrected chi connectivity index (χ4v) is 2.59. The monoisotopic (exact) mass is 326 g/mol. The molecule has 1 amide bonds. The quantitative estimate of drug-likeness (QED) is 0.654. The Bertz CT molecular complexity index is 784. The van der Waals surface area contributed by atoms with Crippen LogP contribution >= 0.6 is 0 Å². The molecule has 0 aliphatic carbocycles. The van der Waals surface area contributed by atoms with Gasteiger partial charge in [-0.2, -0.15) is 0 Å². The van der Waals surface area contributed by atoms with Crippen molar-refractivity contribution in [3.8, 4) is 0 Å². The lowest BCUT2D eigenvalue weighted by atomic mass is 9.99. The molecule has 0 aliphatic rings. The van der Waals surface area contributed by atoms with Crippen LogP contribution < -0.4 is 5.32 Å². The van der Waals surface area contributed by atoms with Crippen LogP contribution in [0.5, 0.6) is 0 Å². The van der Waals surface area contributed by atoms with Crippen molar-refractivity contribution in [1.29, 1.82) is 0 Å². The highest BCUT2D eigenvalue weighted by Gasteiger charge is 2.18. The van der Waals surface area contributed by atoms with Gasteiger partial charge in [0.15, 0.2) is 0 Å². The SMILES string of the molecule is CCC(NC(=O)c1ccc(C)c([N+](=O)[O-])c1)c1ccc(C)c(C)c1. The molecule has 0 spiro atoms. The van der Waals surface area contributed by atoms with Crippen molar-refractivity contribution in [2.24, 2.45) is 0 Å². The molecule has 2 aromatic carbocycles. The Morgan fingerprint density at radius 2 is 1.75 bits per heavy atom. The molecule has 0 aliphatic heterocycles. The van der Waals surface area contributed by atoms with E-state index in [2.05, 4.69) is 11.4 Å². The molecule has 1 N–H and O–H groups in total. The number of hydrogen-bond acceptors (Lipinski definition) is 3. The first-order chi connectivity index (χ1) is 11.3. The molecule has 24 heavy (non-hydrogen) atoms. The Morgan fingerprint density at radius 1 is 1.08 bits per heavy atom. The molecule has 0 radical (unpaired) electrons. The molecule has 0 saturated heterocycles. The van der Waals surface area contributed by atoms with Gasteiger partial charge >= 0.3 is 0 Å². The molecular weight excluding hydrogens is 304 g/mol. The highest BCUT2D eigenvalue weighted by atomic mass is 16.6. The molecule has 2 rings (SSSR count). The van der Waals surface area contributed by atoms with Crippen molar-refractivity contribution < 1.29 is 9.72 Å². The smallest absolute Gasteiger partial charge is 0.273 e. The molecule has 2 aromatic rings. The van der Waals surface area contributed by atoms with E-state index in [1.807, 2.05) is 32.9 Å². The van der Waals surface area contributed by atoms with E-state index < -0.39 is 4.92 Å². The van der Waals surface area contributed by atoms with E-state index in [-0.39, 0.29) is 17.6 Å². The molecule has 0 fully saturated rings. The number of benzene rings is 2. The molecule has 5 nitrogen and oxygen atoms in total. The number of nitro groups is 1. The first-order valence-electron chi connectivity index (χ1n) is 7.96. The second kappa shape index (κ2) is 7.25. The maximum absolute atomic E-state index is 12.5. The van der Waals surface area contributed by atoms with Gasteiger partial charge in [-0.1, -0.05) is 31.2 Å². The van der Waals surface area contributed by atoms with Crippen LogP contribution in [0, 0.1) is 30.9 Å². The molecule has 1 atom stereocenters. The van der Waals surface area contributed by atoms with Crippen LogP contribution in [0.25, 0.3) is 0 Å². The number of nitro benzene ring substituents is 1. The fraction of sp³-hybridized carbons (Fsp3) is 0.316. The summed E-state index contributed by atoms with van der Waals surface area (Å²) in [5.74, 6) is -0.303. The van der Waals surface area contributed by atoms with E-state index >= 15 is 0 Å². The van der Waals surface area contributed by atoms with Crippen LogP contribution in [-0.2, 0) is 0 Å². The van der Waals surface area contributed by atoms with Crippen molar-refractivity contribution >= 4 is 11.6 Å². The number of nitrogens with one attached hydrogen (secondary N) is 1. The Hall–Kier alpha value is -2.69. The maximum Gasteiger partial charge on any atom is 0.273 e. The van der Waals surface area contributed by atoms with Crippen molar-refractivity contribution in [2.75, 3.05) is 0 Å². The lowest BCUT2D eigenvalue weighted by Gasteiger charge is -2.18. The van der Waals surface area contributed by atoms with Gasteiger partial charge in [-0.05, 0) is 49.9 Å². The van der Waals surface area contributed by atoms with E-state index in [1.165, 1.54) is 17.2 Å². The highest BCUT2D eigenvalue weighted by Crippen LogP contribution is 2.22. The van der Waals surface area contributed by atoms with Crippen LogP contribution in [-0.4, -0.2) is 10.8 Å². The lowest BCUT2D eigenvalue weighted by molar-refractivity contribution is -0.385. The second-order valence-electron chi connectivity index (χ2n) is 6.04. The zero-order chi connectivity index (χ0) is 17.9. The normalized spacial score (nSPS) is 11.8. The number of amides is 1. The van der Waals surface area contributed by atoms with E-state index in [1.54, 1.807) is 19.1 Å². The van der Waals surface area contributed by atoms with Gasteiger partial charge in [-0.25, -0.2) is 0 Å². The predicted octanol–water partition coefficient (Wildman–Crippen LogP) is 4.40. The minimum Gasteiger partial charge on any atom is -0.345 e. The van der Waals surface area contributed by atoms with Crippen LogP contribution in [0.15, 0.2) is 36.4 Å². The fourth-order valence-electron chi connectivity index (χ4n) is 2.59. The summed E-state index contributed by atoms with van der Waals surface area (Å²) in [6.07, 6.45) is 0.738. The Balaban J connectivity index is 2.25. The van der Waals surface area contributed by atoms with E-state index in [4.69, 9.17) is 0 Å². The number of rotatable bonds is 5. The molecule has 0 bridgehead atoms. The highest BCUT2D eigenvalue weighted by molar-refractivity contribution is 5.95. The third-order valence-corrected chi connectivity index (χ3v) is 4.31. The average molecular weight is 326 g/mol.